The first-order valence-corrected chi connectivity index (χ1v) is 10.2. The molecule has 3 rings (SSSR count). The number of carboxylic acid groups (broad SMARTS) is 1. The third-order valence-corrected chi connectivity index (χ3v) is 5.62. The Morgan fingerprint density at radius 2 is 1.66 bits per heavy atom. The van der Waals surface area contributed by atoms with E-state index in [0.29, 0.717) is 27.9 Å². The van der Waals surface area contributed by atoms with Crippen LogP contribution in [0.4, 0.5) is 4.39 Å². The van der Waals surface area contributed by atoms with Crippen LogP contribution in [0, 0.1) is 12.7 Å². The minimum absolute atomic E-state index is 0.0793. The van der Waals surface area contributed by atoms with E-state index in [1.807, 2.05) is 0 Å². The number of nitrogens with zero attached hydrogens (tertiary/aromatic N) is 2. The average molecular weight is 411 g/mol. The molecule has 150 valence electrons. The summed E-state index contributed by atoms with van der Waals surface area (Å²) in [6.07, 6.45) is 0. The molecule has 0 radical (unpaired) electrons. The second kappa shape index (κ2) is 8.33. The van der Waals surface area contributed by atoms with Gasteiger partial charge >= 0.3 is 5.97 Å². The Morgan fingerprint density at radius 3 is 2.21 bits per heavy atom. The maximum absolute atomic E-state index is 13.2. The Bertz CT molecular complexity index is 1030. The van der Waals surface area contributed by atoms with E-state index < -0.39 is 5.97 Å². The molecule has 2 aromatic carbocycles. The zero-order valence-electron chi connectivity index (χ0n) is 16.9. The summed E-state index contributed by atoms with van der Waals surface area (Å²) >= 11 is 1.36. The molecule has 29 heavy (non-hydrogen) atoms. The van der Waals surface area contributed by atoms with Gasteiger partial charge in [-0.15, -0.1) is 11.8 Å². The van der Waals surface area contributed by atoms with Crippen LogP contribution in [-0.4, -0.2) is 21.0 Å². The Kier molecular flexibility index (Phi) is 6.03. The van der Waals surface area contributed by atoms with E-state index in [0.717, 1.165) is 5.56 Å². The maximum Gasteiger partial charge on any atom is 0.340 e. The summed E-state index contributed by atoms with van der Waals surface area (Å²) in [7, 11) is 0. The molecule has 1 heterocycles. The molecular formula is C23H23FN2O2S. The minimum Gasteiger partial charge on any atom is -0.478 e. The first kappa shape index (κ1) is 21.0. The molecule has 1 aromatic heterocycles. The van der Waals surface area contributed by atoms with Gasteiger partial charge in [0.05, 0.1) is 5.69 Å². The van der Waals surface area contributed by atoms with Crippen molar-refractivity contribution in [1.29, 1.82) is 0 Å². The second-order valence-electron chi connectivity index (χ2n) is 7.86. The third-order valence-electron chi connectivity index (χ3n) is 4.57. The number of thioether (sulfide) groups is 1. The number of hydrogen-bond donors (Lipinski definition) is 1. The minimum atomic E-state index is -1.06. The third kappa shape index (κ3) is 5.01. The van der Waals surface area contributed by atoms with Crippen molar-refractivity contribution in [3.05, 3.63) is 76.7 Å². The maximum atomic E-state index is 13.2. The summed E-state index contributed by atoms with van der Waals surface area (Å²) in [5.74, 6) is -0.429. The van der Waals surface area contributed by atoms with Gasteiger partial charge in [-0.05, 0) is 47.7 Å². The summed E-state index contributed by atoms with van der Waals surface area (Å²) in [4.78, 5) is 20.6. The lowest BCUT2D eigenvalue weighted by Gasteiger charge is -2.19. The second-order valence-corrected chi connectivity index (χ2v) is 8.82. The number of benzene rings is 2. The molecule has 0 atom stereocenters. The van der Waals surface area contributed by atoms with Gasteiger partial charge in [0, 0.05) is 11.3 Å². The molecule has 0 spiro atoms. The van der Waals surface area contributed by atoms with Crippen molar-refractivity contribution in [2.75, 3.05) is 0 Å². The highest BCUT2D eigenvalue weighted by Gasteiger charge is 2.19. The largest absolute Gasteiger partial charge is 0.478 e. The van der Waals surface area contributed by atoms with Crippen LogP contribution in [0.2, 0.25) is 0 Å². The van der Waals surface area contributed by atoms with E-state index >= 15 is 0 Å². The number of aryl methyl sites for hydroxylation is 1. The zero-order valence-corrected chi connectivity index (χ0v) is 17.7. The van der Waals surface area contributed by atoms with E-state index in [1.165, 1.54) is 29.5 Å². The summed E-state index contributed by atoms with van der Waals surface area (Å²) in [6.45, 7) is 8.14. The molecule has 1 N–H and O–H groups in total. The van der Waals surface area contributed by atoms with Gasteiger partial charge in [-0.3, -0.25) is 0 Å². The molecule has 0 bridgehead atoms. The predicted molar refractivity (Wildman–Crippen MR) is 114 cm³/mol. The smallest absolute Gasteiger partial charge is 0.340 e. The lowest BCUT2D eigenvalue weighted by atomic mass is 9.87. The van der Waals surface area contributed by atoms with E-state index in [9.17, 15) is 14.3 Å². The van der Waals surface area contributed by atoms with Crippen molar-refractivity contribution in [1.82, 2.24) is 9.97 Å². The van der Waals surface area contributed by atoms with Crippen molar-refractivity contribution in [2.45, 2.75) is 43.9 Å². The lowest BCUT2D eigenvalue weighted by Crippen LogP contribution is -2.10. The highest BCUT2D eigenvalue weighted by Crippen LogP contribution is 2.30. The van der Waals surface area contributed by atoms with Gasteiger partial charge < -0.3 is 5.11 Å². The first-order chi connectivity index (χ1) is 13.6. The summed E-state index contributed by atoms with van der Waals surface area (Å²) in [5.41, 5.74) is 3.54. The Balaban J connectivity index is 1.90. The summed E-state index contributed by atoms with van der Waals surface area (Å²) < 4.78 is 13.2. The van der Waals surface area contributed by atoms with Crippen molar-refractivity contribution in [3.8, 4) is 11.4 Å². The van der Waals surface area contributed by atoms with Crippen LogP contribution in [0.15, 0.2) is 53.6 Å². The van der Waals surface area contributed by atoms with E-state index in [1.54, 1.807) is 19.1 Å². The van der Waals surface area contributed by atoms with Crippen LogP contribution in [0.3, 0.4) is 0 Å². The van der Waals surface area contributed by atoms with Gasteiger partial charge in [0.15, 0.2) is 5.82 Å². The van der Waals surface area contributed by atoms with Crippen LogP contribution in [0.5, 0.6) is 0 Å². The topological polar surface area (TPSA) is 63.1 Å². The first-order valence-electron chi connectivity index (χ1n) is 9.25. The number of carbonyl (C=O) groups is 1. The molecule has 0 saturated heterocycles. The van der Waals surface area contributed by atoms with Crippen molar-refractivity contribution in [2.24, 2.45) is 0 Å². The van der Waals surface area contributed by atoms with Gasteiger partial charge in [-0.1, -0.05) is 45.0 Å². The molecule has 0 aliphatic heterocycles. The highest BCUT2D eigenvalue weighted by molar-refractivity contribution is 7.98. The van der Waals surface area contributed by atoms with E-state index in [4.69, 9.17) is 0 Å². The van der Waals surface area contributed by atoms with Crippen molar-refractivity contribution >= 4 is 17.7 Å². The van der Waals surface area contributed by atoms with Crippen LogP contribution in [0.1, 0.15) is 48.0 Å². The fraction of sp³-hybridized carbons (Fsp3) is 0.261. The number of rotatable bonds is 5. The highest BCUT2D eigenvalue weighted by atomic mass is 32.2. The fourth-order valence-corrected chi connectivity index (χ4v) is 3.90. The molecule has 0 aliphatic carbocycles. The summed E-state index contributed by atoms with van der Waals surface area (Å²) in [5, 5.41) is 10.0. The zero-order chi connectivity index (χ0) is 21.2. The van der Waals surface area contributed by atoms with Crippen molar-refractivity contribution < 1.29 is 14.3 Å². The number of aromatic carboxylic acids is 1. The molecule has 3 aromatic rings. The van der Waals surface area contributed by atoms with E-state index in [2.05, 4.69) is 55.0 Å². The molecule has 0 saturated carbocycles. The molecule has 0 amide bonds. The average Bonchev–Trinajstić information content (AvgIpc) is 2.65. The normalized spacial score (nSPS) is 11.5. The monoisotopic (exact) mass is 410 g/mol. The van der Waals surface area contributed by atoms with E-state index in [-0.39, 0.29) is 16.8 Å². The predicted octanol–water partition coefficient (Wildman–Crippen LogP) is 5.88. The number of carboxylic acids is 1. The Labute approximate surface area is 174 Å². The molecular weight excluding hydrogens is 387 g/mol. The molecule has 0 aliphatic rings. The van der Waals surface area contributed by atoms with Crippen LogP contribution >= 0.6 is 11.8 Å². The van der Waals surface area contributed by atoms with Crippen LogP contribution < -0.4 is 0 Å². The molecule has 0 fully saturated rings. The van der Waals surface area contributed by atoms with Gasteiger partial charge in [0.2, 0.25) is 0 Å². The van der Waals surface area contributed by atoms with Gasteiger partial charge in [-0.2, -0.15) is 0 Å². The molecule has 6 heteroatoms. The van der Waals surface area contributed by atoms with Gasteiger partial charge in [0.1, 0.15) is 16.4 Å². The van der Waals surface area contributed by atoms with Gasteiger partial charge in [0.25, 0.3) is 0 Å². The quantitative estimate of drug-likeness (QED) is 0.420. The van der Waals surface area contributed by atoms with Gasteiger partial charge in [-0.25, -0.2) is 19.2 Å². The van der Waals surface area contributed by atoms with Crippen molar-refractivity contribution in [3.63, 3.8) is 0 Å². The SMILES string of the molecule is Cc1nc(-c2ccc(F)cc2)nc(SCc2ccc(C(C)(C)C)cc2)c1C(=O)O. The Morgan fingerprint density at radius 1 is 1.03 bits per heavy atom. The molecule has 4 nitrogen and oxygen atoms in total. The van der Waals surface area contributed by atoms with Crippen LogP contribution in [-0.2, 0) is 11.2 Å². The number of halogens is 1. The fourth-order valence-electron chi connectivity index (χ4n) is 2.88. The number of aromatic nitrogens is 2. The Hall–Kier alpha value is -2.73. The standard InChI is InChI=1S/C23H23FN2O2S/c1-14-19(22(27)28)21(26-20(25-14)16-7-11-18(24)12-8-16)29-13-15-5-9-17(10-6-15)23(2,3)4/h5-12H,13H2,1-4H3,(H,27,28). The molecule has 0 unspecified atom stereocenters. The number of hydrogen-bond acceptors (Lipinski definition) is 4. The summed E-state index contributed by atoms with van der Waals surface area (Å²) in [6, 6.07) is 14.2. The lowest BCUT2D eigenvalue weighted by molar-refractivity contribution is 0.0690. The van der Waals surface area contributed by atoms with Crippen LogP contribution in [0.25, 0.3) is 11.4 Å².